The minimum atomic E-state index is -0.505. The van der Waals surface area contributed by atoms with Gasteiger partial charge in [-0.05, 0) is 6.42 Å². The van der Waals surface area contributed by atoms with Gasteiger partial charge < -0.3 is 21.7 Å². The molecule has 0 aliphatic carbocycles. The van der Waals surface area contributed by atoms with Gasteiger partial charge in [-0.2, -0.15) is 0 Å². The second-order valence-corrected chi connectivity index (χ2v) is 3.52. The van der Waals surface area contributed by atoms with Gasteiger partial charge in [-0.15, -0.1) is 0 Å². The first-order valence-electron chi connectivity index (χ1n) is 5.17. The highest BCUT2D eigenvalue weighted by molar-refractivity contribution is 5.92. The van der Waals surface area contributed by atoms with E-state index in [4.69, 9.17) is 5.73 Å². The highest BCUT2D eigenvalue weighted by Gasteiger charge is 2.26. The molecule has 0 aromatic rings. The average molecular weight is 228 g/mol. The van der Waals surface area contributed by atoms with E-state index in [0.717, 1.165) is 0 Å². The fourth-order valence-electron chi connectivity index (χ4n) is 1.38. The van der Waals surface area contributed by atoms with Gasteiger partial charge in [-0.25, -0.2) is 0 Å². The van der Waals surface area contributed by atoms with E-state index < -0.39 is 6.04 Å². The Morgan fingerprint density at radius 2 is 2.19 bits per heavy atom. The Bertz CT molecular complexity index is 292. The van der Waals surface area contributed by atoms with Gasteiger partial charge in [-0.1, -0.05) is 0 Å². The normalized spacial score (nSPS) is 19.1. The summed E-state index contributed by atoms with van der Waals surface area (Å²) in [6, 6.07) is -0.505. The van der Waals surface area contributed by atoms with Crippen LogP contribution in [-0.2, 0) is 14.4 Å². The highest BCUT2D eigenvalue weighted by atomic mass is 16.2. The molecule has 0 aromatic heterocycles. The second kappa shape index (κ2) is 6.06. The Kier molecular flexibility index (Phi) is 4.71. The molecule has 1 heterocycles. The molecule has 5 N–H and O–H groups in total. The average Bonchev–Trinajstić information content (AvgIpc) is 2.69. The Morgan fingerprint density at radius 1 is 1.44 bits per heavy atom. The SMILES string of the molecule is NCCNC(=O)CNC(=O)C1CCC(=O)N1. The molecule has 1 unspecified atom stereocenters. The number of carbonyl (C=O) groups excluding carboxylic acids is 3. The molecule has 1 aliphatic rings. The monoisotopic (exact) mass is 228 g/mol. The summed E-state index contributed by atoms with van der Waals surface area (Å²) in [5, 5.41) is 7.49. The fraction of sp³-hybridized carbons (Fsp3) is 0.667. The molecule has 0 aromatic carbocycles. The number of carbonyl (C=O) groups is 3. The van der Waals surface area contributed by atoms with Crippen LogP contribution in [0.15, 0.2) is 0 Å². The maximum Gasteiger partial charge on any atom is 0.243 e. The molecule has 1 fully saturated rings. The van der Waals surface area contributed by atoms with E-state index in [-0.39, 0.29) is 24.3 Å². The van der Waals surface area contributed by atoms with E-state index in [0.29, 0.717) is 25.9 Å². The van der Waals surface area contributed by atoms with Gasteiger partial charge in [0.05, 0.1) is 6.54 Å². The predicted octanol–water partition coefficient (Wildman–Crippen LogP) is -2.54. The standard InChI is InChI=1S/C9H16N4O3/c10-3-4-11-8(15)5-12-9(16)6-1-2-7(14)13-6/h6H,1-5,10H2,(H,11,15)(H,12,16)(H,13,14). The van der Waals surface area contributed by atoms with Crippen LogP contribution in [0.4, 0.5) is 0 Å². The summed E-state index contributed by atoms with van der Waals surface area (Å²) < 4.78 is 0. The summed E-state index contributed by atoms with van der Waals surface area (Å²) in [6.07, 6.45) is 0.840. The molecule has 0 bridgehead atoms. The van der Waals surface area contributed by atoms with Crippen LogP contribution < -0.4 is 21.7 Å². The zero-order chi connectivity index (χ0) is 12.0. The van der Waals surface area contributed by atoms with Crippen LogP contribution in [0.2, 0.25) is 0 Å². The lowest BCUT2D eigenvalue weighted by atomic mass is 10.2. The minimum absolute atomic E-state index is 0.0921. The molecule has 90 valence electrons. The van der Waals surface area contributed by atoms with Crippen molar-refractivity contribution in [2.75, 3.05) is 19.6 Å². The van der Waals surface area contributed by atoms with Crippen molar-refractivity contribution in [2.45, 2.75) is 18.9 Å². The smallest absolute Gasteiger partial charge is 0.243 e. The van der Waals surface area contributed by atoms with Crippen LogP contribution in [0, 0.1) is 0 Å². The van der Waals surface area contributed by atoms with Crippen molar-refractivity contribution in [3.05, 3.63) is 0 Å². The molecule has 16 heavy (non-hydrogen) atoms. The van der Waals surface area contributed by atoms with Gasteiger partial charge in [0.2, 0.25) is 17.7 Å². The molecule has 7 nitrogen and oxygen atoms in total. The van der Waals surface area contributed by atoms with E-state index >= 15 is 0 Å². The molecular formula is C9H16N4O3. The van der Waals surface area contributed by atoms with Crippen LogP contribution >= 0.6 is 0 Å². The molecule has 1 atom stereocenters. The van der Waals surface area contributed by atoms with Crippen LogP contribution in [0.3, 0.4) is 0 Å². The summed E-state index contributed by atoms with van der Waals surface area (Å²) in [5.41, 5.74) is 5.20. The first kappa shape index (κ1) is 12.4. The van der Waals surface area contributed by atoms with E-state index in [1.54, 1.807) is 0 Å². The van der Waals surface area contributed by atoms with E-state index in [1.165, 1.54) is 0 Å². The zero-order valence-electron chi connectivity index (χ0n) is 8.91. The third kappa shape index (κ3) is 3.85. The van der Waals surface area contributed by atoms with Gasteiger partial charge in [0.25, 0.3) is 0 Å². The van der Waals surface area contributed by atoms with E-state index in [1.807, 2.05) is 0 Å². The van der Waals surface area contributed by atoms with Gasteiger partial charge in [0.15, 0.2) is 0 Å². The number of nitrogens with two attached hydrogens (primary N) is 1. The lowest BCUT2D eigenvalue weighted by molar-refractivity contribution is -0.128. The maximum atomic E-state index is 11.4. The van der Waals surface area contributed by atoms with Crippen molar-refractivity contribution in [3.63, 3.8) is 0 Å². The van der Waals surface area contributed by atoms with E-state index in [2.05, 4.69) is 16.0 Å². The van der Waals surface area contributed by atoms with Crippen molar-refractivity contribution >= 4 is 17.7 Å². The topological polar surface area (TPSA) is 113 Å². The summed E-state index contributed by atoms with van der Waals surface area (Å²) in [6.45, 7) is 0.651. The molecular weight excluding hydrogens is 212 g/mol. The molecule has 0 saturated carbocycles. The summed E-state index contributed by atoms with van der Waals surface area (Å²) >= 11 is 0. The first-order chi connectivity index (χ1) is 7.63. The molecule has 0 radical (unpaired) electrons. The molecule has 3 amide bonds. The lowest BCUT2D eigenvalue weighted by Gasteiger charge is -2.10. The number of hydrogen-bond donors (Lipinski definition) is 4. The van der Waals surface area contributed by atoms with Gasteiger partial charge in [0.1, 0.15) is 6.04 Å². The quantitative estimate of drug-likeness (QED) is 0.415. The van der Waals surface area contributed by atoms with Crippen LogP contribution in [0.5, 0.6) is 0 Å². The van der Waals surface area contributed by atoms with Crippen molar-refractivity contribution in [1.29, 1.82) is 0 Å². The summed E-state index contributed by atoms with van der Waals surface area (Å²) in [4.78, 5) is 33.4. The van der Waals surface area contributed by atoms with Crippen molar-refractivity contribution in [1.82, 2.24) is 16.0 Å². The Hall–Kier alpha value is -1.63. The molecule has 0 spiro atoms. The number of rotatable bonds is 5. The number of amides is 3. The summed E-state index contributed by atoms with van der Waals surface area (Å²) in [5.74, 6) is -0.746. The van der Waals surface area contributed by atoms with Gasteiger partial charge >= 0.3 is 0 Å². The largest absolute Gasteiger partial charge is 0.353 e. The van der Waals surface area contributed by atoms with Crippen molar-refractivity contribution < 1.29 is 14.4 Å². The van der Waals surface area contributed by atoms with Crippen molar-refractivity contribution in [2.24, 2.45) is 5.73 Å². The lowest BCUT2D eigenvalue weighted by Crippen LogP contribution is -2.45. The van der Waals surface area contributed by atoms with Gasteiger partial charge in [-0.3, -0.25) is 14.4 Å². The minimum Gasteiger partial charge on any atom is -0.353 e. The second-order valence-electron chi connectivity index (χ2n) is 3.52. The fourth-order valence-corrected chi connectivity index (χ4v) is 1.38. The van der Waals surface area contributed by atoms with Crippen molar-refractivity contribution in [3.8, 4) is 0 Å². The van der Waals surface area contributed by atoms with Crippen LogP contribution in [-0.4, -0.2) is 43.4 Å². The van der Waals surface area contributed by atoms with Crippen LogP contribution in [0.1, 0.15) is 12.8 Å². The Labute approximate surface area is 93.1 Å². The van der Waals surface area contributed by atoms with E-state index in [9.17, 15) is 14.4 Å². The van der Waals surface area contributed by atoms with Gasteiger partial charge in [0, 0.05) is 19.5 Å². The maximum absolute atomic E-state index is 11.4. The molecule has 1 aliphatic heterocycles. The third-order valence-corrected chi connectivity index (χ3v) is 2.20. The first-order valence-corrected chi connectivity index (χ1v) is 5.17. The zero-order valence-corrected chi connectivity index (χ0v) is 8.91. The number of hydrogen-bond acceptors (Lipinski definition) is 4. The highest BCUT2D eigenvalue weighted by Crippen LogP contribution is 2.05. The molecule has 1 rings (SSSR count). The number of nitrogens with one attached hydrogen (secondary N) is 3. The predicted molar refractivity (Wildman–Crippen MR) is 56.2 cm³/mol. The molecule has 1 saturated heterocycles. The summed E-state index contributed by atoms with van der Waals surface area (Å²) in [7, 11) is 0. The Morgan fingerprint density at radius 3 is 2.75 bits per heavy atom. The van der Waals surface area contributed by atoms with Crippen LogP contribution in [0.25, 0.3) is 0 Å². The third-order valence-electron chi connectivity index (χ3n) is 2.20. The molecule has 7 heteroatoms. The Balaban J connectivity index is 2.19.